The second-order valence-electron chi connectivity index (χ2n) is 4.54. The molecule has 0 spiro atoms. The van der Waals surface area contributed by atoms with Gasteiger partial charge in [-0.1, -0.05) is 19.4 Å². The van der Waals surface area contributed by atoms with E-state index in [-0.39, 0.29) is 5.41 Å². The summed E-state index contributed by atoms with van der Waals surface area (Å²) in [6, 6.07) is 3.94. The molecule has 0 saturated heterocycles. The van der Waals surface area contributed by atoms with Gasteiger partial charge in [0.05, 0.1) is 0 Å². The monoisotopic (exact) mass is 225 g/mol. The highest BCUT2D eigenvalue weighted by molar-refractivity contribution is 5.30. The Morgan fingerprint density at radius 1 is 1.31 bits per heavy atom. The van der Waals surface area contributed by atoms with Crippen LogP contribution < -0.4 is 5.32 Å². The van der Waals surface area contributed by atoms with Crippen molar-refractivity contribution in [3.05, 3.63) is 35.4 Å². The average molecular weight is 225 g/mol. The fourth-order valence-electron chi connectivity index (χ4n) is 2.43. The standard InChI is InChI=1S/C13H17F2N/c1-2-16-9-13(6-3-7-13)11-5-4-10(14)8-12(11)15/h4-5,8,16H,2-3,6-7,9H2,1H3. The minimum Gasteiger partial charge on any atom is -0.316 e. The SMILES string of the molecule is CCNCC1(c2ccc(F)cc2F)CCC1. The summed E-state index contributed by atoms with van der Waals surface area (Å²) in [6.07, 6.45) is 3.10. The molecule has 1 nitrogen and oxygen atoms in total. The topological polar surface area (TPSA) is 12.0 Å². The number of rotatable bonds is 4. The predicted octanol–water partition coefficient (Wildman–Crippen LogP) is 3.00. The average Bonchev–Trinajstić information content (AvgIpc) is 2.19. The lowest BCUT2D eigenvalue weighted by atomic mass is 9.64. The van der Waals surface area contributed by atoms with Crippen LogP contribution in [-0.4, -0.2) is 13.1 Å². The van der Waals surface area contributed by atoms with Gasteiger partial charge in [0.2, 0.25) is 0 Å². The molecule has 2 rings (SSSR count). The predicted molar refractivity (Wildman–Crippen MR) is 60.4 cm³/mol. The summed E-state index contributed by atoms with van der Waals surface area (Å²) in [7, 11) is 0. The van der Waals surface area contributed by atoms with E-state index >= 15 is 0 Å². The molecular weight excluding hydrogens is 208 g/mol. The summed E-state index contributed by atoms with van der Waals surface area (Å²) in [5.74, 6) is -0.906. The normalized spacial score (nSPS) is 18.2. The highest BCUT2D eigenvalue weighted by Crippen LogP contribution is 2.44. The van der Waals surface area contributed by atoms with E-state index in [9.17, 15) is 8.78 Å². The van der Waals surface area contributed by atoms with Crippen molar-refractivity contribution < 1.29 is 8.78 Å². The van der Waals surface area contributed by atoms with Crippen LogP contribution in [0.3, 0.4) is 0 Å². The molecule has 0 atom stereocenters. The minimum atomic E-state index is -0.501. The second-order valence-corrected chi connectivity index (χ2v) is 4.54. The zero-order chi connectivity index (χ0) is 11.6. The van der Waals surface area contributed by atoms with Crippen LogP contribution in [0.25, 0.3) is 0 Å². The Kier molecular flexibility index (Phi) is 3.24. The van der Waals surface area contributed by atoms with E-state index in [1.165, 1.54) is 6.07 Å². The van der Waals surface area contributed by atoms with E-state index in [4.69, 9.17) is 0 Å². The quantitative estimate of drug-likeness (QED) is 0.830. The molecule has 1 aliphatic carbocycles. The molecule has 88 valence electrons. The molecule has 1 aliphatic rings. The van der Waals surface area contributed by atoms with Gasteiger partial charge in [-0.3, -0.25) is 0 Å². The highest BCUT2D eigenvalue weighted by Gasteiger charge is 2.40. The molecule has 1 saturated carbocycles. The van der Waals surface area contributed by atoms with Crippen LogP contribution in [-0.2, 0) is 5.41 Å². The third-order valence-electron chi connectivity index (χ3n) is 3.53. The molecule has 1 aromatic rings. The van der Waals surface area contributed by atoms with E-state index in [2.05, 4.69) is 5.32 Å². The van der Waals surface area contributed by atoms with E-state index in [1.807, 2.05) is 6.92 Å². The molecule has 0 bridgehead atoms. The molecule has 1 aromatic carbocycles. The Labute approximate surface area is 94.9 Å². The summed E-state index contributed by atoms with van der Waals surface area (Å²) < 4.78 is 26.6. The maximum Gasteiger partial charge on any atom is 0.129 e. The molecule has 0 heterocycles. The zero-order valence-corrected chi connectivity index (χ0v) is 9.52. The van der Waals surface area contributed by atoms with Crippen molar-refractivity contribution >= 4 is 0 Å². The van der Waals surface area contributed by atoms with Gasteiger partial charge in [-0.2, -0.15) is 0 Å². The van der Waals surface area contributed by atoms with Gasteiger partial charge in [0.15, 0.2) is 0 Å². The number of hydrogen-bond acceptors (Lipinski definition) is 1. The first-order valence-electron chi connectivity index (χ1n) is 5.84. The van der Waals surface area contributed by atoms with Crippen molar-refractivity contribution in [2.45, 2.75) is 31.6 Å². The van der Waals surface area contributed by atoms with Crippen molar-refractivity contribution in [1.82, 2.24) is 5.32 Å². The smallest absolute Gasteiger partial charge is 0.129 e. The van der Waals surface area contributed by atoms with Crippen molar-refractivity contribution in [3.63, 3.8) is 0 Å². The molecule has 0 aromatic heterocycles. The maximum atomic E-state index is 13.7. The number of hydrogen-bond donors (Lipinski definition) is 1. The Hall–Kier alpha value is -0.960. The van der Waals surface area contributed by atoms with E-state index in [0.29, 0.717) is 5.56 Å². The van der Waals surface area contributed by atoms with Gasteiger partial charge in [-0.25, -0.2) is 8.78 Å². The number of halogens is 2. The van der Waals surface area contributed by atoms with Crippen LogP contribution in [0.1, 0.15) is 31.7 Å². The lowest BCUT2D eigenvalue weighted by Crippen LogP contribution is -2.44. The first-order valence-corrected chi connectivity index (χ1v) is 5.84. The highest BCUT2D eigenvalue weighted by atomic mass is 19.1. The Balaban J connectivity index is 2.26. The minimum absolute atomic E-state index is 0.103. The van der Waals surface area contributed by atoms with Gasteiger partial charge < -0.3 is 5.32 Å². The molecular formula is C13H17F2N. The van der Waals surface area contributed by atoms with E-state index < -0.39 is 11.6 Å². The van der Waals surface area contributed by atoms with Crippen LogP contribution in [0.2, 0.25) is 0 Å². The molecule has 0 amide bonds. The Bertz CT molecular complexity index is 372. The molecule has 0 unspecified atom stereocenters. The van der Waals surface area contributed by atoms with Gasteiger partial charge in [0.1, 0.15) is 11.6 Å². The molecule has 0 radical (unpaired) electrons. The van der Waals surface area contributed by atoms with Gasteiger partial charge in [-0.15, -0.1) is 0 Å². The van der Waals surface area contributed by atoms with Crippen LogP contribution in [0.5, 0.6) is 0 Å². The molecule has 1 fully saturated rings. The van der Waals surface area contributed by atoms with Crippen molar-refractivity contribution in [3.8, 4) is 0 Å². The number of likely N-dealkylation sites (N-methyl/N-ethyl adjacent to an activating group) is 1. The maximum absolute atomic E-state index is 13.7. The molecule has 0 aliphatic heterocycles. The van der Waals surface area contributed by atoms with Crippen molar-refractivity contribution in [2.24, 2.45) is 0 Å². The number of benzene rings is 1. The third kappa shape index (κ3) is 1.96. The lowest BCUT2D eigenvalue weighted by Gasteiger charge is -2.42. The fraction of sp³-hybridized carbons (Fsp3) is 0.538. The number of nitrogens with one attached hydrogen (secondary N) is 1. The largest absolute Gasteiger partial charge is 0.316 e. The molecule has 1 N–H and O–H groups in total. The first kappa shape index (κ1) is 11.5. The van der Waals surface area contributed by atoms with Gasteiger partial charge >= 0.3 is 0 Å². The lowest BCUT2D eigenvalue weighted by molar-refractivity contribution is 0.227. The van der Waals surface area contributed by atoms with Crippen LogP contribution in [0, 0.1) is 11.6 Å². The van der Waals surface area contributed by atoms with E-state index in [0.717, 1.165) is 38.4 Å². The Morgan fingerprint density at radius 2 is 2.06 bits per heavy atom. The summed E-state index contributed by atoms with van der Waals surface area (Å²) in [6.45, 7) is 3.70. The van der Waals surface area contributed by atoms with Crippen LogP contribution in [0.4, 0.5) is 8.78 Å². The summed E-state index contributed by atoms with van der Waals surface area (Å²) in [5, 5.41) is 3.27. The Morgan fingerprint density at radius 3 is 2.56 bits per heavy atom. The van der Waals surface area contributed by atoms with Gasteiger partial charge in [0.25, 0.3) is 0 Å². The van der Waals surface area contributed by atoms with Crippen LogP contribution >= 0.6 is 0 Å². The summed E-state index contributed by atoms with van der Waals surface area (Å²) in [4.78, 5) is 0. The molecule has 3 heteroatoms. The third-order valence-corrected chi connectivity index (χ3v) is 3.53. The molecule has 16 heavy (non-hydrogen) atoms. The van der Waals surface area contributed by atoms with E-state index in [1.54, 1.807) is 6.07 Å². The van der Waals surface area contributed by atoms with Crippen LogP contribution in [0.15, 0.2) is 18.2 Å². The second kappa shape index (κ2) is 4.50. The fourth-order valence-corrected chi connectivity index (χ4v) is 2.43. The van der Waals surface area contributed by atoms with Crippen molar-refractivity contribution in [2.75, 3.05) is 13.1 Å². The summed E-state index contributed by atoms with van der Waals surface area (Å²) in [5.41, 5.74) is 0.564. The first-order chi connectivity index (χ1) is 7.68. The zero-order valence-electron chi connectivity index (χ0n) is 9.52. The van der Waals surface area contributed by atoms with Gasteiger partial charge in [0, 0.05) is 18.0 Å². The summed E-state index contributed by atoms with van der Waals surface area (Å²) >= 11 is 0. The van der Waals surface area contributed by atoms with Crippen molar-refractivity contribution in [1.29, 1.82) is 0 Å². The van der Waals surface area contributed by atoms with Gasteiger partial charge in [-0.05, 0) is 31.0 Å².